The second-order valence-corrected chi connectivity index (χ2v) is 3.50. The molecule has 2 rings (SSSR count). The SMILES string of the molecule is O=C(/C=C/c1ccccc1)c1ccc([N+](=O)[O-])o1. The number of nitro groups is 1. The van der Waals surface area contributed by atoms with Gasteiger partial charge in [0.1, 0.15) is 4.92 Å². The Bertz CT molecular complexity index is 598. The van der Waals surface area contributed by atoms with E-state index in [2.05, 4.69) is 0 Å². The average Bonchev–Trinajstić information content (AvgIpc) is 2.87. The van der Waals surface area contributed by atoms with Gasteiger partial charge in [-0.2, -0.15) is 0 Å². The van der Waals surface area contributed by atoms with Gasteiger partial charge in [0.05, 0.1) is 6.07 Å². The Morgan fingerprint density at radius 3 is 2.50 bits per heavy atom. The molecule has 2 aromatic rings. The first-order valence-corrected chi connectivity index (χ1v) is 5.18. The number of furan rings is 1. The second-order valence-electron chi connectivity index (χ2n) is 3.50. The van der Waals surface area contributed by atoms with E-state index in [4.69, 9.17) is 4.42 Å². The van der Waals surface area contributed by atoms with Crippen molar-refractivity contribution in [3.05, 3.63) is 70.0 Å². The number of hydrogen-bond donors (Lipinski definition) is 0. The molecule has 0 N–H and O–H groups in total. The van der Waals surface area contributed by atoms with Crippen LogP contribution < -0.4 is 0 Å². The fourth-order valence-corrected chi connectivity index (χ4v) is 1.38. The second kappa shape index (κ2) is 5.09. The third-order valence-corrected chi connectivity index (χ3v) is 2.24. The summed E-state index contributed by atoms with van der Waals surface area (Å²) in [4.78, 5) is 21.4. The molecular formula is C13H9NO4. The van der Waals surface area contributed by atoms with Gasteiger partial charge in [-0.3, -0.25) is 14.9 Å². The maximum Gasteiger partial charge on any atom is 0.433 e. The van der Waals surface area contributed by atoms with Crippen LogP contribution in [0, 0.1) is 10.1 Å². The molecule has 0 spiro atoms. The Morgan fingerprint density at radius 1 is 1.17 bits per heavy atom. The topological polar surface area (TPSA) is 73.3 Å². The molecular weight excluding hydrogens is 234 g/mol. The molecule has 1 aromatic heterocycles. The summed E-state index contributed by atoms with van der Waals surface area (Å²) in [5.41, 5.74) is 0.868. The van der Waals surface area contributed by atoms with E-state index in [0.717, 1.165) is 11.6 Å². The van der Waals surface area contributed by atoms with E-state index in [0.29, 0.717) is 0 Å². The van der Waals surface area contributed by atoms with Crippen LogP contribution in [0.2, 0.25) is 0 Å². The van der Waals surface area contributed by atoms with Crippen LogP contribution in [0.1, 0.15) is 16.1 Å². The maximum absolute atomic E-state index is 11.7. The number of allylic oxidation sites excluding steroid dienone is 1. The lowest BCUT2D eigenvalue weighted by molar-refractivity contribution is -0.402. The highest BCUT2D eigenvalue weighted by Gasteiger charge is 2.15. The van der Waals surface area contributed by atoms with Gasteiger partial charge in [0.25, 0.3) is 0 Å². The number of benzene rings is 1. The first-order valence-electron chi connectivity index (χ1n) is 5.18. The highest BCUT2D eigenvalue weighted by Crippen LogP contribution is 2.16. The number of rotatable bonds is 4. The lowest BCUT2D eigenvalue weighted by Crippen LogP contribution is -1.91. The molecule has 5 nitrogen and oxygen atoms in total. The molecule has 0 saturated heterocycles. The van der Waals surface area contributed by atoms with Crippen LogP contribution in [0.5, 0.6) is 0 Å². The summed E-state index contributed by atoms with van der Waals surface area (Å²) >= 11 is 0. The van der Waals surface area contributed by atoms with Crippen LogP contribution in [-0.2, 0) is 0 Å². The van der Waals surface area contributed by atoms with Crippen molar-refractivity contribution in [2.45, 2.75) is 0 Å². The summed E-state index contributed by atoms with van der Waals surface area (Å²) in [6.45, 7) is 0. The largest absolute Gasteiger partial charge is 0.433 e. The fraction of sp³-hybridized carbons (Fsp3) is 0. The van der Waals surface area contributed by atoms with Gasteiger partial charge < -0.3 is 4.42 Å². The zero-order valence-electron chi connectivity index (χ0n) is 9.28. The Morgan fingerprint density at radius 2 is 1.89 bits per heavy atom. The summed E-state index contributed by atoms with van der Waals surface area (Å²) in [6.07, 6.45) is 2.94. The molecule has 1 aromatic carbocycles. The normalized spacial score (nSPS) is 10.7. The Labute approximate surface area is 103 Å². The van der Waals surface area contributed by atoms with Crippen molar-refractivity contribution in [2.75, 3.05) is 0 Å². The van der Waals surface area contributed by atoms with Crippen molar-refractivity contribution in [3.63, 3.8) is 0 Å². The minimum absolute atomic E-state index is 0.0473. The van der Waals surface area contributed by atoms with Crippen molar-refractivity contribution in [3.8, 4) is 0 Å². The highest BCUT2D eigenvalue weighted by molar-refractivity contribution is 6.05. The number of ketones is 1. The number of nitrogens with zero attached hydrogens (tertiary/aromatic N) is 1. The van der Waals surface area contributed by atoms with E-state index in [9.17, 15) is 14.9 Å². The van der Waals surface area contributed by atoms with E-state index < -0.39 is 16.6 Å². The van der Waals surface area contributed by atoms with Gasteiger partial charge in [0, 0.05) is 0 Å². The summed E-state index contributed by atoms with van der Waals surface area (Å²) in [6, 6.07) is 11.7. The smallest absolute Gasteiger partial charge is 0.397 e. The molecule has 0 amide bonds. The Balaban J connectivity index is 2.12. The van der Waals surface area contributed by atoms with E-state index in [1.807, 2.05) is 30.3 Å². The third kappa shape index (κ3) is 2.70. The zero-order valence-corrected chi connectivity index (χ0v) is 9.28. The first-order chi connectivity index (χ1) is 8.66. The van der Waals surface area contributed by atoms with Gasteiger partial charge in [0.2, 0.25) is 5.78 Å². The summed E-state index contributed by atoms with van der Waals surface area (Å²) in [5.74, 6) is -0.896. The number of carbonyl (C=O) groups is 1. The fourth-order valence-electron chi connectivity index (χ4n) is 1.38. The minimum Gasteiger partial charge on any atom is -0.397 e. The Kier molecular flexibility index (Phi) is 3.33. The zero-order chi connectivity index (χ0) is 13.0. The van der Waals surface area contributed by atoms with Gasteiger partial charge in [-0.1, -0.05) is 36.4 Å². The lowest BCUT2D eigenvalue weighted by Gasteiger charge is -1.90. The van der Waals surface area contributed by atoms with Gasteiger partial charge in [-0.25, -0.2) is 0 Å². The molecule has 0 atom stereocenters. The molecule has 0 aliphatic heterocycles. The number of carbonyl (C=O) groups excluding carboxylic acids is 1. The van der Waals surface area contributed by atoms with Crippen LogP contribution in [0.3, 0.4) is 0 Å². The van der Waals surface area contributed by atoms with Gasteiger partial charge in [-0.15, -0.1) is 0 Å². The van der Waals surface area contributed by atoms with Crippen molar-refractivity contribution in [1.82, 2.24) is 0 Å². The summed E-state index contributed by atoms with van der Waals surface area (Å²) in [5, 5.41) is 10.4. The van der Waals surface area contributed by atoms with E-state index in [1.165, 1.54) is 12.1 Å². The molecule has 90 valence electrons. The van der Waals surface area contributed by atoms with Crippen molar-refractivity contribution < 1.29 is 14.1 Å². The van der Waals surface area contributed by atoms with Crippen molar-refractivity contribution in [1.29, 1.82) is 0 Å². The monoisotopic (exact) mass is 243 g/mol. The first kappa shape index (κ1) is 11.8. The highest BCUT2D eigenvalue weighted by atomic mass is 16.6. The van der Waals surface area contributed by atoms with Gasteiger partial charge in [-0.05, 0) is 17.7 Å². The van der Waals surface area contributed by atoms with Gasteiger partial charge in [0.15, 0.2) is 5.76 Å². The van der Waals surface area contributed by atoms with Crippen LogP contribution in [-0.4, -0.2) is 10.7 Å². The molecule has 5 heteroatoms. The summed E-state index contributed by atoms with van der Waals surface area (Å²) < 4.78 is 4.80. The predicted molar refractivity (Wildman–Crippen MR) is 65.2 cm³/mol. The molecule has 0 fully saturated rings. The van der Waals surface area contributed by atoms with E-state index >= 15 is 0 Å². The Hall–Kier alpha value is -2.69. The average molecular weight is 243 g/mol. The maximum atomic E-state index is 11.7. The lowest BCUT2D eigenvalue weighted by atomic mass is 10.2. The standard InChI is InChI=1S/C13H9NO4/c15-11(7-6-10-4-2-1-3-5-10)12-8-9-13(18-12)14(16)17/h1-9H/b7-6+. The predicted octanol–water partition coefficient (Wildman–Crippen LogP) is 3.08. The molecule has 1 heterocycles. The molecule has 0 saturated carbocycles. The van der Waals surface area contributed by atoms with Crippen LogP contribution in [0.15, 0.2) is 53.0 Å². The quantitative estimate of drug-likeness (QED) is 0.358. The molecule has 0 aliphatic carbocycles. The van der Waals surface area contributed by atoms with Gasteiger partial charge >= 0.3 is 5.88 Å². The minimum atomic E-state index is -0.683. The van der Waals surface area contributed by atoms with Crippen LogP contribution in [0.25, 0.3) is 6.08 Å². The van der Waals surface area contributed by atoms with Crippen molar-refractivity contribution in [2.24, 2.45) is 0 Å². The molecule has 0 radical (unpaired) electrons. The number of hydrogen-bond acceptors (Lipinski definition) is 4. The summed E-state index contributed by atoms with van der Waals surface area (Å²) in [7, 11) is 0. The molecule has 0 aliphatic rings. The van der Waals surface area contributed by atoms with E-state index in [1.54, 1.807) is 6.08 Å². The third-order valence-electron chi connectivity index (χ3n) is 2.24. The van der Waals surface area contributed by atoms with Crippen molar-refractivity contribution >= 4 is 17.7 Å². The van der Waals surface area contributed by atoms with Crippen LogP contribution in [0.4, 0.5) is 5.88 Å². The molecule has 18 heavy (non-hydrogen) atoms. The van der Waals surface area contributed by atoms with Crippen LogP contribution >= 0.6 is 0 Å². The molecule has 0 unspecified atom stereocenters. The molecule has 0 bridgehead atoms. The van der Waals surface area contributed by atoms with E-state index in [-0.39, 0.29) is 5.76 Å².